The van der Waals surface area contributed by atoms with Crippen LogP contribution in [0.2, 0.25) is 0 Å². The van der Waals surface area contributed by atoms with Crippen LogP contribution < -0.4 is 16.4 Å². The van der Waals surface area contributed by atoms with Gasteiger partial charge in [0, 0.05) is 73.7 Å². The molecule has 0 aromatic carbocycles. The average Bonchev–Trinajstić information content (AvgIpc) is 3.71. The highest BCUT2D eigenvalue weighted by Crippen LogP contribution is 2.39. The maximum atomic E-state index is 13.8. The first-order valence-corrected chi connectivity index (χ1v) is 18.0. The summed E-state index contributed by atoms with van der Waals surface area (Å²) in [6.07, 6.45) is 18.4. The summed E-state index contributed by atoms with van der Waals surface area (Å²) >= 11 is 1.46. The fourth-order valence-electron chi connectivity index (χ4n) is 6.40. The van der Waals surface area contributed by atoms with E-state index >= 15 is 0 Å². The number of carbonyl (C=O) groups is 2. The van der Waals surface area contributed by atoms with Gasteiger partial charge in [-0.15, -0.1) is 11.3 Å². The van der Waals surface area contributed by atoms with Crippen molar-refractivity contribution in [3.8, 4) is 0 Å². The number of ether oxygens (including phenoxy) is 1. The minimum Gasteiger partial charge on any atom is -0.404 e. The molecule has 4 rings (SSSR count). The minimum atomic E-state index is -0.367. The lowest BCUT2D eigenvalue weighted by Crippen LogP contribution is -2.62. The Hall–Kier alpha value is -3.47. The van der Waals surface area contributed by atoms with Crippen molar-refractivity contribution >= 4 is 34.3 Å². The van der Waals surface area contributed by atoms with Crippen LogP contribution >= 0.6 is 11.3 Å². The Morgan fingerprint density at radius 1 is 1.17 bits per heavy atom. The van der Waals surface area contributed by atoms with Gasteiger partial charge in [0.05, 0.1) is 23.7 Å². The van der Waals surface area contributed by atoms with Gasteiger partial charge in [0.1, 0.15) is 5.01 Å². The standard InChI is InChI=1S/C37H54N6O3S/c1-7-10-13-29(32-14-11-18-42(32)6)33-24-40-36(47-33)30(23-38)35(45)41-31(27(5)26(4)8-2)22-28(9-3)34(44)39-17-19-43-20-21-46-25-37(43)15-12-16-37/h9-10,13,22-24H,7-8,11-12,14-21,25,38H2,1-6H3,(H,39,44)(H,41,45)/b13-10+,27-26?,28-9+,30-23-,31-22+,32-29+. The van der Waals surface area contributed by atoms with Gasteiger partial charge >= 0.3 is 0 Å². The Morgan fingerprint density at radius 2 is 1.96 bits per heavy atom. The van der Waals surface area contributed by atoms with Gasteiger partial charge in [-0.25, -0.2) is 4.98 Å². The fourth-order valence-corrected chi connectivity index (χ4v) is 7.38. The summed E-state index contributed by atoms with van der Waals surface area (Å²) in [6.45, 7) is 14.8. The van der Waals surface area contributed by atoms with Gasteiger partial charge in [-0.2, -0.15) is 0 Å². The Morgan fingerprint density at radius 3 is 2.57 bits per heavy atom. The van der Waals surface area contributed by atoms with E-state index in [1.807, 2.05) is 27.0 Å². The highest BCUT2D eigenvalue weighted by atomic mass is 32.1. The molecule has 0 atom stereocenters. The van der Waals surface area contributed by atoms with Crippen LogP contribution in [0.25, 0.3) is 11.1 Å². The van der Waals surface area contributed by atoms with Crippen LogP contribution in [0.5, 0.6) is 0 Å². The van der Waals surface area contributed by atoms with E-state index in [-0.39, 0.29) is 17.4 Å². The lowest BCUT2D eigenvalue weighted by molar-refractivity contribution is -0.119. The smallest absolute Gasteiger partial charge is 0.260 e. The van der Waals surface area contributed by atoms with Gasteiger partial charge in [0.2, 0.25) is 0 Å². The molecular weight excluding hydrogens is 609 g/mol. The van der Waals surface area contributed by atoms with Crippen LogP contribution in [-0.4, -0.2) is 78.6 Å². The first-order chi connectivity index (χ1) is 22.7. The third kappa shape index (κ3) is 8.72. The molecule has 3 aliphatic rings. The molecule has 4 N–H and O–H groups in total. The number of amides is 2. The van der Waals surface area contributed by atoms with Gasteiger partial charge in [-0.05, 0) is 77.4 Å². The first kappa shape index (κ1) is 36.4. The molecule has 2 saturated heterocycles. The zero-order chi connectivity index (χ0) is 34.0. The van der Waals surface area contributed by atoms with Crippen molar-refractivity contribution in [2.45, 2.75) is 85.1 Å². The molecule has 1 saturated carbocycles. The maximum absolute atomic E-state index is 13.8. The molecule has 0 unspecified atom stereocenters. The zero-order valence-electron chi connectivity index (χ0n) is 29.2. The monoisotopic (exact) mass is 662 g/mol. The van der Waals surface area contributed by atoms with E-state index in [0.717, 1.165) is 93.0 Å². The Bertz CT molecular complexity index is 1480. The van der Waals surface area contributed by atoms with Crippen molar-refractivity contribution in [2.24, 2.45) is 5.73 Å². The van der Waals surface area contributed by atoms with E-state index in [4.69, 9.17) is 10.5 Å². The summed E-state index contributed by atoms with van der Waals surface area (Å²) in [4.78, 5) is 37.6. The molecule has 3 fully saturated rings. The molecule has 9 nitrogen and oxygen atoms in total. The lowest BCUT2D eigenvalue weighted by Gasteiger charge is -2.52. The van der Waals surface area contributed by atoms with E-state index in [9.17, 15) is 9.59 Å². The Kier molecular flexibility index (Phi) is 13.2. The molecule has 1 spiro atoms. The van der Waals surface area contributed by atoms with Crippen LogP contribution in [0.15, 0.2) is 64.8 Å². The number of thiazole rings is 1. The maximum Gasteiger partial charge on any atom is 0.260 e. The van der Waals surface area contributed by atoms with Crippen molar-refractivity contribution in [3.63, 3.8) is 0 Å². The number of likely N-dealkylation sites (tertiary alicyclic amines) is 1. The molecule has 0 radical (unpaired) electrons. The number of carbonyl (C=O) groups excluding carboxylic acids is 2. The van der Waals surface area contributed by atoms with E-state index in [2.05, 4.69) is 58.5 Å². The number of aromatic nitrogens is 1. The molecule has 1 aliphatic carbocycles. The molecule has 47 heavy (non-hydrogen) atoms. The number of nitrogens with one attached hydrogen (secondary N) is 2. The summed E-state index contributed by atoms with van der Waals surface area (Å²) < 4.78 is 5.76. The van der Waals surface area contributed by atoms with Crippen molar-refractivity contribution < 1.29 is 14.3 Å². The number of nitrogens with two attached hydrogens (primary N) is 1. The normalized spacial score (nSPS) is 20.8. The summed E-state index contributed by atoms with van der Waals surface area (Å²) in [5.41, 5.74) is 12.0. The fraction of sp³-hybridized carbons (Fsp3) is 0.541. The molecule has 256 valence electrons. The second-order valence-electron chi connectivity index (χ2n) is 12.7. The molecule has 2 aliphatic heterocycles. The molecule has 3 heterocycles. The number of hydrogen-bond acceptors (Lipinski definition) is 8. The van der Waals surface area contributed by atoms with Crippen molar-refractivity contribution in [1.82, 2.24) is 25.4 Å². The number of rotatable bonds is 13. The van der Waals surface area contributed by atoms with Crippen molar-refractivity contribution in [3.05, 3.63) is 74.7 Å². The number of nitrogens with zero attached hydrogens (tertiary/aromatic N) is 3. The minimum absolute atomic E-state index is 0.146. The van der Waals surface area contributed by atoms with Crippen LogP contribution in [0.3, 0.4) is 0 Å². The molecule has 1 aromatic heterocycles. The molecule has 10 heteroatoms. The van der Waals surface area contributed by atoms with E-state index in [1.165, 1.54) is 29.7 Å². The van der Waals surface area contributed by atoms with Crippen LogP contribution in [0.4, 0.5) is 0 Å². The third-order valence-corrected chi connectivity index (χ3v) is 10.9. The summed E-state index contributed by atoms with van der Waals surface area (Å²) in [7, 11) is 2.12. The van der Waals surface area contributed by atoms with Gasteiger partial charge in [-0.1, -0.05) is 37.6 Å². The lowest BCUT2D eigenvalue weighted by atomic mass is 9.75. The van der Waals surface area contributed by atoms with Crippen molar-refractivity contribution in [2.75, 3.05) is 46.4 Å². The predicted molar refractivity (Wildman–Crippen MR) is 193 cm³/mol. The van der Waals surface area contributed by atoms with Gasteiger partial charge in [0.25, 0.3) is 11.8 Å². The first-order valence-electron chi connectivity index (χ1n) is 17.1. The zero-order valence-corrected chi connectivity index (χ0v) is 30.0. The molecule has 1 aromatic rings. The topological polar surface area (TPSA) is 113 Å². The van der Waals surface area contributed by atoms with Gasteiger partial charge < -0.3 is 26.0 Å². The number of hydrogen-bond donors (Lipinski definition) is 3. The molecule has 2 amide bonds. The second kappa shape index (κ2) is 17.1. The predicted octanol–water partition coefficient (Wildman–Crippen LogP) is 5.91. The largest absolute Gasteiger partial charge is 0.404 e. The molecule has 0 bridgehead atoms. The summed E-state index contributed by atoms with van der Waals surface area (Å²) in [5.74, 6) is -0.540. The van der Waals surface area contributed by atoms with E-state index in [1.54, 1.807) is 12.2 Å². The quantitative estimate of drug-likeness (QED) is 0.178. The van der Waals surface area contributed by atoms with Crippen LogP contribution in [-0.2, 0) is 14.3 Å². The van der Waals surface area contributed by atoms with E-state index < -0.39 is 0 Å². The third-order valence-electron chi connectivity index (χ3n) is 9.81. The number of allylic oxidation sites excluding steroid dienone is 7. The van der Waals surface area contributed by atoms with Crippen LogP contribution in [0, 0.1) is 0 Å². The average molecular weight is 663 g/mol. The summed E-state index contributed by atoms with van der Waals surface area (Å²) in [5, 5.41) is 6.73. The second-order valence-corrected chi connectivity index (χ2v) is 13.7. The number of morpholine rings is 1. The van der Waals surface area contributed by atoms with Gasteiger partial charge in [0.15, 0.2) is 0 Å². The van der Waals surface area contributed by atoms with Gasteiger partial charge in [-0.3, -0.25) is 14.5 Å². The van der Waals surface area contributed by atoms with Crippen LogP contribution in [0.1, 0.15) is 89.4 Å². The SMILES string of the molecule is C/C=C(\C=C(\NC(=O)/C(=C/N)c1ncc(C(/C=C/CC)=C2\CCCN2C)s1)C(C)=C(C)CC)C(=O)NCCN1CCOCC12CCC2. The Balaban J connectivity index is 1.51. The highest BCUT2D eigenvalue weighted by molar-refractivity contribution is 7.14. The summed E-state index contributed by atoms with van der Waals surface area (Å²) in [6, 6.07) is 0. The van der Waals surface area contributed by atoms with E-state index in [0.29, 0.717) is 28.4 Å². The Labute approximate surface area is 285 Å². The van der Waals surface area contributed by atoms with Crippen molar-refractivity contribution in [1.29, 1.82) is 0 Å². The highest BCUT2D eigenvalue weighted by Gasteiger charge is 2.44. The molecular formula is C37H54N6O3S.